The zero-order valence-electron chi connectivity index (χ0n) is 15.1. The van der Waals surface area contributed by atoms with Crippen LogP contribution in [0.15, 0.2) is 52.1 Å². The topological polar surface area (TPSA) is 88.3 Å². The lowest BCUT2D eigenvalue weighted by atomic mass is 10.0. The number of para-hydroxylation sites is 2. The minimum atomic E-state index is -1.17. The minimum absolute atomic E-state index is 0.126. The predicted molar refractivity (Wildman–Crippen MR) is 98.6 cm³/mol. The van der Waals surface area contributed by atoms with Gasteiger partial charge in [0.2, 0.25) is 0 Å². The fraction of sp³-hybridized carbons (Fsp3) is 0.421. The van der Waals surface area contributed by atoms with Crippen LogP contribution in [0.25, 0.3) is 0 Å². The first-order valence-electron chi connectivity index (χ1n) is 8.75. The van der Waals surface area contributed by atoms with Crippen molar-refractivity contribution >= 4 is 5.96 Å². The van der Waals surface area contributed by atoms with Crippen LogP contribution in [0, 0.1) is 0 Å². The van der Waals surface area contributed by atoms with Crippen LogP contribution in [0.5, 0.6) is 11.5 Å². The van der Waals surface area contributed by atoms with Crippen LogP contribution in [0.1, 0.15) is 19.6 Å². The van der Waals surface area contributed by atoms with Crippen molar-refractivity contribution in [1.29, 1.82) is 0 Å². The van der Waals surface area contributed by atoms with E-state index in [0.717, 1.165) is 11.5 Å². The summed E-state index contributed by atoms with van der Waals surface area (Å²) in [7, 11) is 0. The lowest BCUT2D eigenvalue weighted by Crippen LogP contribution is -2.45. The van der Waals surface area contributed by atoms with Crippen molar-refractivity contribution < 1.29 is 19.0 Å². The molecule has 3 N–H and O–H groups in total. The third-order valence-corrected chi connectivity index (χ3v) is 4.01. The Kier molecular flexibility index (Phi) is 5.68. The minimum Gasteiger partial charge on any atom is -0.486 e. The van der Waals surface area contributed by atoms with Crippen molar-refractivity contribution in [2.45, 2.75) is 25.6 Å². The molecule has 0 spiro atoms. The summed E-state index contributed by atoms with van der Waals surface area (Å²) in [5.41, 5.74) is -1.17. The maximum absolute atomic E-state index is 10.5. The molecule has 0 aliphatic carbocycles. The summed E-state index contributed by atoms with van der Waals surface area (Å²) in [6.45, 7) is 5.53. The van der Waals surface area contributed by atoms with E-state index in [1.807, 2.05) is 31.2 Å². The second kappa shape index (κ2) is 8.14. The zero-order valence-corrected chi connectivity index (χ0v) is 15.1. The van der Waals surface area contributed by atoms with Gasteiger partial charge in [0, 0.05) is 6.54 Å². The molecule has 3 rings (SSSR count). The van der Waals surface area contributed by atoms with Gasteiger partial charge >= 0.3 is 0 Å². The van der Waals surface area contributed by atoms with Gasteiger partial charge in [0.1, 0.15) is 24.1 Å². The molecule has 0 fully saturated rings. The van der Waals surface area contributed by atoms with Gasteiger partial charge in [-0.15, -0.1) is 0 Å². The molecule has 1 aromatic heterocycles. The van der Waals surface area contributed by atoms with Gasteiger partial charge in [-0.25, -0.2) is 4.99 Å². The van der Waals surface area contributed by atoms with Gasteiger partial charge in [-0.05, 0) is 38.1 Å². The number of furan rings is 1. The number of nitrogens with zero attached hydrogens (tertiary/aromatic N) is 1. The van der Waals surface area contributed by atoms with E-state index in [4.69, 9.17) is 13.9 Å². The fourth-order valence-corrected chi connectivity index (χ4v) is 2.61. The summed E-state index contributed by atoms with van der Waals surface area (Å²) in [5, 5.41) is 16.9. The highest BCUT2D eigenvalue weighted by Gasteiger charge is 2.26. The number of fused-ring (bicyclic) bond motifs is 1. The van der Waals surface area contributed by atoms with E-state index >= 15 is 0 Å². The molecule has 2 aromatic rings. The monoisotopic (exact) mass is 359 g/mol. The average Bonchev–Trinajstić information content (AvgIpc) is 3.19. The normalized spacial score (nSPS) is 18.9. The second-order valence-electron chi connectivity index (χ2n) is 6.32. The molecule has 2 atom stereocenters. The number of aliphatic imine (C=N–C) groups is 1. The number of hydrogen-bond acceptors (Lipinski definition) is 5. The number of nitrogens with one attached hydrogen (secondary N) is 2. The highest BCUT2D eigenvalue weighted by atomic mass is 16.6. The molecule has 0 amide bonds. The van der Waals surface area contributed by atoms with Gasteiger partial charge in [0.25, 0.3) is 0 Å². The zero-order chi connectivity index (χ0) is 18.4. The van der Waals surface area contributed by atoms with Crippen LogP contribution in [-0.2, 0) is 5.60 Å². The molecular weight excluding hydrogens is 334 g/mol. The van der Waals surface area contributed by atoms with E-state index in [1.165, 1.54) is 6.26 Å². The molecule has 140 valence electrons. The summed E-state index contributed by atoms with van der Waals surface area (Å²) in [4.78, 5) is 4.46. The summed E-state index contributed by atoms with van der Waals surface area (Å²) in [6, 6.07) is 11.1. The van der Waals surface area contributed by atoms with E-state index < -0.39 is 5.60 Å². The van der Waals surface area contributed by atoms with Gasteiger partial charge < -0.3 is 29.6 Å². The summed E-state index contributed by atoms with van der Waals surface area (Å²) < 4.78 is 16.9. The molecular formula is C19H25N3O4. The molecule has 0 saturated heterocycles. The van der Waals surface area contributed by atoms with E-state index in [9.17, 15) is 5.11 Å². The third kappa shape index (κ3) is 4.49. The molecule has 1 aromatic carbocycles. The smallest absolute Gasteiger partial charge is 0.191 e. The lowest BCUT2D eigenvalue weighted by Gasteiger charge is -2.27. The van der Waals surface area contributed by atoms with Crippen molar-refractivity contribution in [1.82, 2.24) is 10.6 Å². The van der Waals surface area contributed by atoms with Gasteiger partial charge in [-0.1, -0.05) is 12.1 Å². The van der Waals surface area contributed by atoms with E-state index in [-0.39, 0.29) is 12.6 Å². The van der Waals surface area contributed by atoms with Crippen LogP contribution < -0.4 is 20.1 Å². The van der Waals surface area contributed by atoms with Crippen LogP contribution in [0.2, 0.25) is 0 Å². The highest BCUT2D eigenvalue weighted by molar-refractivity contribution is 5.79. The SMILES string of the molecule is CCNC(=NCC(C)(O)c1ccco1)NCC1COc2ccccc2O1. The molecule has 26 heavy (non-hydrogen) atoms. The lowest BCUT2D eigenvalue weighted by molar-refractivity contribution is 0.0436. The van der Waals surface area contributed by atoms with Gasteiger partial charge in [-0.3, -0.25) is 0 Å². The van der Waals surface area contributed by atoms with Crippen LogP contribution >= 0.6 is 0 Å². The number of rotatable bonds is 6. The van der Waals surface area contributed by atoms with Crippen LogP contribution in [0.4, 0.5) is 0 Å². The Morgan fingerprint density at radius 1 is 1.23 bits per heavy atom. The Labute approximate surface area is 153 Å². The quantitative estimate of drug-likeness (QED) is 0.539. The molecule has 7 nitrogen and oxygen atoms in total. The summed E-state index contributed by atoms with van der Waals surface area (Å²) in [5.74, 6) is 2.59. The number of guanidine groups is 1. The van der Waals surface area contributed by atoms with E-state index in [0.29, 0.717) is 31.4 Å². The molecule has 0 bridgehead atoms. The first-order chi connectivity index (χ1) is 12.6. The Morgan fingerprint density at radius 3 is 2.77 bits per heavy atom. The van der Waals surface area contributed by atoms with Crippen molar-refractivity contribution in [3.05, 3.63) is 48.4 Å². The molecule has 0 saturated carbocycles. The van der Waals surface area contributed by atoms with E-state index in [2.05, 4.69) is 15.6 Å². The fourth-order valence-electron chi connectivity index (χ4n) is 2.61. The second-order valence-corrected chi connectivity index (χ2v) is 6.32. The van der Waals surface area contributed by atoms with Gasteiger partial charge in [0.05, 0.1) is 19.4 Å². The largest absolute Gasteiger partial charge is 0.486 e. The standard InChI is InChI=1S/C19H25N3O4/c1-3-20-18(22-13-19(2,23)17-9-6-10-24-17)21-11-14-12-25-15-7-4-5-8-16(15)26-14/h4-10,14,23H,3,11-13H2,1-2H3,(H2,20,21,22). The third-order valence-electron chi connectivity index (χ3n) is 4.01. The number of aliphatic hydroxyl groups is 1. The Morgan fingerprint density at radius 2 is 2.04 bits per heavy atom. The molecule has 2 heterocycles. The molecule has 0 radical (unpaired) electrons. The number of benzene rings is 1. The summed E-state index contributed by atoms with van der Waals surface area (Å²) in [6.07, 6.45) is 1.41. The van der Waals surface area contributed by atoms with Crippen molar-refractivity contribution in [2.75, 3.05) is 26.2 Å². The number of ether oxygens (including phenoxy) is 2. The first-order valence-corrected chi connectivity index (χ1v) is 8.75. The van der Waals surface area contributed by atoms with Crippen molar-refractivity contribution in [2.24, 2.45) is 4.99 Å². The average molecular weight is 359 g/mol. The van der Waals surface area contributed by atoms with E-state index in [1.54, 1.807) is 19.1 Å². The molecule has 2 unspecified atom stereocenters. The Balaban J connectivity index is 1.57. The van der Waals surface area contributed by atoms with Crippen LogP contribution in [0.3, 0.4) is 0 Å². The Hall–Kier alpha value is -2.67. The van der Waals surface area contributed by atoms with Gasteiger partial charge in [-0.2, -0.15) is 0 Å². The number of hydrogen-bond donors (Lipinski definition) is 3. The first kappa shape index (κ1) is 18.1. The molecule has 1 aliphatic heterocycles. The maximum Gasteiger partial charge on any atom is 0.191 e. The van der Waals surface area contributed by atoms with Crippen molar-refractivity contribution in [3.8, 4) is 11.5 Å². The van der Waals surface area contributed by atoms with Gasteiger partial charge in [0.15, 0.2) is 17.5 Å². The molecule has 1 aliphatic rings. The Bertz CT molecular complexity index is 728. The highest BCUT2D eigenvalue weighted by Crippen LogP contribution is 2.30. The van der Waals surface area contributed by atoms with Crippen LogP contribution in [-0.4, -0.2) is 43.4 Å². The molecule has 7 heteroatoms. The maximum atomic E-state index is 10.5. The predicted octanol–water partition coefficient (Wildman–Crippen LogP) is 1.88. The van der Waals surface area contributed by atoms with Crippen molar-refractivity contribution in [3.63, 3.8) is 0 Å². The summed E-state index contributed by atoms with van der Waals surface area (Å²) >= 11 is 0.